The van der Waals surface area contributed by atoms with Gasteiger partial charge in [0.15, 0.2) is 0 Å². The van der Waals surface area contributed by atoms with E-state index in [4.69, 9.17) is 0 Å². The second kappa shape index (κ2) is 5.79. The minimum atomic E-state index is -0.549. The molecule has 0 heterocycles. The minimum absolute atomic E-state index is 0.101. The van der Waals surface area contributed by atoms with E-state index >= 15 is 0 Å². The van der Waals surface area contributed by atoms with Crippen molar-refractivity contribution in [3.63, 3.8) is 0 Å². The van der Waals surface area contributed by atoms with Crippen molar-refractivity contribution in [1.29, 1.82) is 0 Å². The summed E-state index contributed by atoms with van der Waals surface area (Å²) in [6, 6.07) is 3.69. The van der Waals surface area contributed by atoms with Crippen molar-refractivity contribution in [2.45, 2.75) is 45.1 Å². The highest BCUT2D eigenvalue weighted by Crippen LogP contribution is 2.33. The highest BCUT2D eigenvalue weighted by Gasteiger charge is 2.28. The van der Waals surface area contributed by atoms with Gasteiger partial charge < -0.3 is 5.11 Å². The predicted octanol–water partition coefficient (Wildman–Crippen LogP) is 3.69. The third-order valence-electron chi connectivity index (χ3n) is 4.13. The first-order valence-corrected chi connectivity index (χ1v) is 6.72. The fourth-order valence-electron chi connectivity index (χ4n) is 2.91. The standard InChI is InChI=1S/C15H20F2O/c1-2-10-3-6-15(18)12(7-10)8-11-4-5-13(16)9-14(11)17/h4-5,9-10,12,15,18H,2-3,6-8H2,1H3. The Balaban J connectivity index is 2.07. The molecule has 1 N–H and O–H groups in total. The predicted molar refractivity (Wildman–Crippen MR) is 67.2 cm³/mol. The molecule has 1 aromatic carbocycles. The van der Waals surface area contributed by atoms with Crippen molar-refractivity contribution in [3.05, 3.63) is 35.4 Å². The molecule has 1 aliphatic rings. The van der Waals surface area contributed by atoms with Crippen molar-refractivity contribution in [2.75, 3.05) is 0 Å². The maximum absolute atomic E-state index is 13.6. The molecule has 1 aromatic rings. The normalized spacial score (nSPS) is 28.3. The Labute approximate surface area is 107 Å². The van der Waals surface area contributed by atoms with Gasteiger partial charge in [0, 0.05) is 6.07 Å². The summed E-state index contributed by atoms with van der Waals surface area (Å²) in [5, 5.41) is 9.99. The van der Waals surface area contributed by atoms with Crippen LogP contribution in [0.4, 0.5) is 8.78 Å². The monoisotopic (exact) mass is 254 g/mol. The largest absolute Gasteiger partial charge is 0.393 e. The van der Waals surface area contributed by atoms with Crippen LogP contribution in [0.25, 0.3) is 0 Å². The Hall–Kier alpha value is -0.960. The van der Waals surface area contributed by atoms with Crippen LogP contribution in [0.3, 0.4) is 0 Å². The smallest absolute Gasteiger partial charge is 0.129 e. The Morgan fingerprint density at radius 1 is 1.28 bits per heavy atom. The summed E-state index contributed by atoms with van der Waals surface area (Å²) >= 11 is 0. The van der Waals surface area contributed by atoms with Gasteiger partial charge in [-0.3, -0.25) is 0 Å². The van der Waals surface area contributed by atoms with Gasteiger partial charge in [-0.05, 0) is 49.1 Å². The van der Waals surface area contributed by atoms with Crippen molar-refractivity contribution < 1.29 is 13.9 Å². The summed E-state index contributed by atoms with van der Waals surface area (Å²) in [5.41, 5.74) is 0.511. The molecule has 1 fully saturated rings. The molecular formula is C15H20F2O. The number of rotatable bonds is 3. The van der Waals surface area contributed by atoms with Crippen LogP contribution < -0.4 is 0 Å². The van der Waals surface area contributed by atoms with E-state index in [1.54, 1.807) is 0 Å². The quantitative estimate of drug-likeness (QED) is 0.872. The number of aliphatic hydroxyl groups excluding tert-OH is 1. The lowest BCUT2D eigenvalue weighted by Crippen LogP contribution is -2.30. The Bertz CT molecular complexity index is 405. The molecule has 100 valence electrons. The van der Waals surface area contributed by atoms with Crippen molar-refractivity contribution in [3.8, 4) is 0 Å². The summed E-state index contributed by atoms with van der Waals surface area (Å²) in [6.07, 6.45) is 4.05. The number of halogens is 2. The van der Waals surface area contributed by atoms with Gasteiger partial charge in [0.25, 0.3) is 0 Å². The highest BCUT2D eigenvalue weighted by molar-refractivity contribution is 5.19. The number of aliphatic hydroxyl groups is 1. The highest BCUT2D eigenvalue weighted by atomic mass is 19.1. The molecule has 3 heteroatoms. The molecule has 0 spiro atoms. The number of benzene rings is 1. The molecule has 0 bridgehead atoms. The molecule has 2 rings (SSSR count). The average Bonchev–Trinajstić information content (AvgIpc) is 2.35. The number of hydrogen-bond acceptors (Lipinski definition) is 1. The lowest BCUT2D eigenvalue weighted by molar-refractivity contribution is 0.0471. The zero-order chi connectivity index (χ0) is 13.1. The molecule has 1 nitrogen and oxygen atoms in total. The number of hydrogen-bond donors (Lipinski definition) is 1. The zero-order valence-electron chi connectivity index (χ0n) is 10.7. The van der Waals surface area contributed by atoms with E-state index in [1.165, 1.54) is 12.1 Å². The molecule has 18 heavy (non-hydrogen) atoms. The first kappa shape index (κ1) is 13.5. The van der Waals surface area contributed by atoms with Crippen LogP contribution in [0.5, 0.6) is 0 Å². The van der Waals surface area contributed by atoms with Gasteiger partial charge in [-0.25, -0.2) is 8.78 Å². The topological polar surface area (TPSA) is 20.2 Å². The molecule has 0 amide bonds. The maximum Gasteiger partial charge on any atom is 0.129 e. The third kappa shape index (κ3) is 3.08. The van der Waals surface area contributed by atoms with E-state index in [2.05, 4.69) is 6.92 Å². The van der Waals surface area contributed by atoms with Crippen LogP contribution in [0.1, 0.15) is 38.2 Å². The van der Waals surface area contributed by atoms with Crippen molar-refractivity contribution in [2.24, 2.45) is 11.8 Å². The minimum Gasteiger partial charge on any atom is -0.393 e. The van der Waals surface area contributed by atoms with E-state index in [0.717, 1.165) is 31.7 Å². The first-order valence-electron chi connectivity index (χ1n) is 6.72. The van der Waals surface area contributed by atoms with E-state index in [9.17, 15) is 13.9 Å². The van der Waals surface area contributed by atoms with Gasteiger partial charge in [-0.1, -0.05) is 19.4 Å². The molecule has 1 saturated carbocycles. The molecular weight excluding hydrogens is 234 g/mol. The van der Waals surface area contributed by atoms with Gasteiger partial charge in [-0.2, -0.15) is 0 Å². The summed E-state index contributed by atoms with van der Waals surface area (Å²) in [7, 11) is 0. The molecule has 0 radical (unpaired) electrons. The second-order valence-electron chi connectivity index (χ2n) is 5.35. The SMILES string of the molecule is CCC1CCC(O)C(Cc2ccc(F)cc2F)C1. The van der Waals surface area contributed by atoms with E-state index < -0.39 is 11.6 Å². The lowest BCUT2D eigenvalue weighted by Gasteiger charge is -2.33. The van der Waals surface area contributed by atoms with Crippen molar-refractivity contribution in [1.82, 2.24) is 0 Å². The van der Waals surface area contributed by atoms with Gasteiger partial charge in [0.1, 0.15) is 11.6 Å². The third-order valence-corrected chi connectivity index (χ3v) is 4.13. The van der Waals surface area contributed by atoms with Crippen LogP contribution in [-0.4, -0.2) is 11.2 Å². The molecule has 1 aliphatic carbocycles. The Morgan fingerprint density at radius 3 is 2.72 bits per heavy atom. The van der Waals surface area contributed by atoms with Crippen LogP contribution in [-0.2, 0) is 6.42 Å². The van der Waals surface area contributed by atoms with Crippen LogP contribution in [0.15, 0.2) is 18.2 Å². The van der Waals surface area contributed by atoms with Crippen molar-refractivity contribution >= 4 is 0 Å². The van der Waals surface area contributed by atoms with Gasteiger partial charge in [-0.15, -0.1) is 0 Å². The average molecular weight is 254 g/mol. The summed E-state index contributed by atoms with van der Waals surface area (Å²) in [5.74, 6) is -0.321. The van der Waals surface area contributed by atoms with E-state index in [1.807, 2.05) is 0 Å². The van der Waals surface area contributed by atoms with Crippen LogP contribution in [0, 0.1) is 23.5 Å². The Kier molecular flexibility index (Phi) is 4.33. The summed E-state index contributed by atoms with van der Waals surface area (Å²) < 4.78 is 26.4. The Morgan fingerprint density at radius 2 is 2.06 bits per heavy atom. The van der Waals surface area contributed by atoms with E-state index in [0.29, 0.717) is 17.9 Å². The zero-order valence-corrected chi connectivity index (χ0v) is 10.7. The van der Waals surface area contributed by atoms with Gasteiger partial charge >= 0.3 is 0 Å². The first-order chi connectivity index (χ1) is 8.60. The fourth-order valence-corrected chi connectivity index (χ4v) is 2.91. The van der Waals surface area contributed by atoms with Crippen LogP contribution in [0.2, 0.25) is 0 Å². The molecule has 0 saturated heterocycles. The van der Waals surface area contributed by atoms with E-state index in [-0.39, 0.29) is 12.0 Å². The van der Waals surface area contributed by atoms with Gasteiger partial charge in [0.05, 0.1) is 6.10 Å². The second-order valence-corrected chi connectivity index (χ2v) is 5.35. The molecule has 3 atom stereocenters. The summed E-state index contributed by atoms with van der Waals surface area (Å²) in [4.78, 5) is 0. The molecule has 3 unspecified atom stereocenters. The van der Waals surface area contributed by atoms with Crippen LogP contribution >= 0.6 is 0 Å². The molecule has 0 aliphatic heterocycles. The fraction of sp³-hybridized carbons (Fsp3) is 0.600. The van der Waals surface area contributed by atoms with Gasteiger partial charge in [0.2, 0.25) is 0 Å². The maximum atomic E-state index is 13.6. The summed E-state index contributed by atoms with van der Waals surface area (Å²) in [6.45, 7) is 2.15. The lowest BCUT2D eigenvalue weighted by atomic mass is 9.76. The molecule has 0 aromatic heterocycles.